The molecule has 4 saturated carbocycles. The summed E-state index contributed by atoms with van der Waals surface area (Å²) in [5, 5.41) is 3.43. The second-order valence-electron chi connectivity index (χ2n) is 12.8. The van der Waals surface area contributed by atoms with Gasteiger partial charge in [0.05, 0.1) is 19.1 Å². The van der Waals surface area contributed by atoms with Gasteiger partial charge in [-0.3, -0.25) is 9.69 Å². The van der Waals surface area contributed by atoms with E-state index < -0.39 is 0 Å². The van der Waals surface area contributed by atoms with Crippen LogP contribution in [0.1, 0.15) is 49.8 Å². The highest BCUT2D eigenvalue weighted by molar-refractivity contribution is 8.26. The molecular formula is C33H41N3O4S2. The Hall–Kier alpha value is -2.33. The Bertz CT molecular complexity index is 1330. The van der Waals surface area contributed by atoms with Gasteiger partial charge in [0.1, 0.15) is 27.3 Å². The van der Waals surface area contributed by atoms with Crippen LogP contribution in [0.2, 0.25) is 0 Å². The van der Waals surface area contributed by atoms with Crippen LogP contribution in [0.15, 0.2) is 33.6 Å². The van der Waals surface area contributed by atoms with Crippen LogP contribution in [0.4, 0.5) is 0 Å². The zero-order valence-electron chi connectivity index (χ0n) is 24.6. The molecule has 6 aliphatic rings. The molecule has 1 N–H and O–H groups in total. The van der Waals surface area contributed by atoms with Gasteiger partial charge in [0.15, 0.2) is 0 Å². The summed E-state index contributed by atoms with van der Waals surface area (Å²) in [5.74, 6) is 5.89. The number of thiocarbonyl (C=S) groups is 1. The number of benzene rings is 1. The molecule has 42 heavy (non-hydrogen) atoms. The van der Waals surface area contributed by atoms with Crippen molar-refractivity contribution in [3.63, 3.8) is 0 Å². The van der Waals surface area contributed by atoms with Crippen molar-refractivity contribution in [1.82, 2.24) is 15.1 Å². The smallest absolute Gasteiger partial charge is 0.266 e. The average Bonchev–Trinajstić information content (AvgIpc) is 3.52. The maximum atomic E-state index is 14.0. The maximum absolute atomic E-state index is 14.0. The molecule has 1 aromatic carbocycles. The highest BCUT2D eigenvalue weighted by Crippen LogP contribution is 2.56. The fourth-order valence-corrected chi connectivity index (χ4v) is 9.77. The molecule has 2 saturated heterocycles. The number of carbonyl (C=O) groups is 1. The van der Waals surface area contributed by atoms with E-state index in [-0.39, 0.29) is 11.9 Å². The Morgan fingerprint density at radius 1 is 1.00 bits per heavy atom. The number of thioether (sulfide) groups is 1. The summed E-state index contributed by atoms with van der Waals surface area (Å²) in [6.45, 7) is 5.30. The van der Waals surface area contributed by atoms with Crippen LogP contribution in [0.5, 0.6) is 11.5 Å². The first kappa shape index (κ1) is 28.4. The van der Waals surface area contributed by atoms with Crippen LogP contribution < -0.4 is 14.8 Å². The van der Waals surface area contributed by atoms with E-state index in [1.54, 1.807) is 14.2 Å². The summed E-state index contributed by atoms with van der Waals surface area (Å²) >= 11 is 7.33. The quantitative estimate of drug-likeness (QED) is 0.282. The number of aryl methyl sites for hydroxylation is 1. The number of nitrogens with one attached hydrogen (secondary N) is 1. The van der Waals surface area contributed by atoms with E-state index in [0.29, 0.717) is 32.6 Å². The van der Waals surface area contributed by atoms with Crippen LogP contribution in [0.3, 0.4) is 0 Å². The Morgan fingerprint density at radius 2 is 1.67 bits per heavy atom. The van der Waals surface area contributed by atoms with E-state index in [4.69, 9.17) is 26.1 Å². The molecule has 6 fully saturated rings. The summed E-state index contributed by atoms with van der Waals surface area (Å²) in [4.78, 5) is 19.2. The normalized spacial score (nSPS) is 30.1. The molecule has 8 rings (SSSR count). The summed E-state index contributed by atoms with van der Waals surface area (Å²) in [7, 11) is 3.30. The third kappa shape index (κ3) is 5.53. The van der Waals surface area contributed by atoms with Gasteiger partial charge in [0, 0.05) is 49.9 Å². The molecule has 4 bridgehead atoms. The predicted octanol–water partition coefficient (Wildman–Crippen LogP) is 5.83. The lowest BCUT2D eigenvalue weighted by molar-refractivity contribution is -0.130. The molecule has 0 spiro atoms. The van der Waals surface area contributed by atoms with Crippen LogP contribution in [0, 0.1) is 23.7 Å². The summed E-state index contributed by atoms with van der Waals surface area (Å²) in [6, 6.07) is 8.17. The molecule has 2 aliphatic heterocycles. The highest BCUT2D eigenvalue weighted by Gasteiger charge is 2.53. The number of hydrogen-bond acceptors (Lipinski definition) is 8. The molecule has 224 valence electrons. The lowest BCUT2D eigenvalue weighted by atomic mass is 9.54. The molecule has 4 aliphatic carbocycles. The molecule has 1 amide bonds. The van der Waals surface area contributed by atoms with Crippen molar-refractivity contribution in [3.05, 3.63) is 40.5 Å². The molecule has 0 atom stereocenters. The van der Waals surface area contributed by atoms with Crippen LogP contribution in [-0.2, 0) is 11.2 Å². The number of amides is 1. The van der Waals surface area contributed by atoms with Crippen molar-refractivity contribution in [3.8, 4) is 22.8 Å². The summed E-state index contributed by atoms with van der Waals surface area (Å²) in [6.07, 6.45) is 10.3. The topological polar surface area (TPSA) is 67.2 Å². The minimum absolute atomic E-state index is 0.0650. The average molecular weight is 608 g/mol. The van der Waals surface area contributed by atoms with Gasteiger partial charge in [-0.2, -0.15) is 0 Å². The number of furan rings is 1. The second kappa shape index (κ2) is 12.0. The van der Waals surface area contributed by atoms with Crippen molar-refractivity contribution in [2.45, 2.75) is 51.0 Å². The third-order valence-corrected chi connectivity index (χ3v) is 11.5. The molecule has 1 aromatic heterocycles. The van der Waals surface area contributed by atoms with Crippen molar-refractivity contribution in [1.29, 1.82) is 0 Å². The lowest BCUT2D eigenvalue weighted by Gasteiger charge is -2.56. The van der Waals surface area contributed by atoms with Crippen molar-refractivity contribution in [2.24, 2.45) is 23.7 Å². The standard InChI is InChI=1S/C33H41N3O4S2/c1-38-26-15-23(16-27(18-26)39-2)28-17-22(4-3-7-35-8-5-34-6-9-35)29(40-28)19-30-32(37)36(33(41)42-30)31-24-11-20-10-21(13-24)14-25(31)12-20/h15-21,24-25,31,34H,3-14H2,1-2H3/b30-19+. The first-order valence-corrected chi connectivity index (χ1v) is 16.8. The lowest BCUT2D eigenvalue weighted by Crippen LogP contribution is -2.57. The zero-order valence-corrected chi connectivity index (χ0v) is 26.2. The van der Waals surface area contributed by atoms with Crippen molar-refractivity contribution >= 4 is 40.3 Å². The van der Waals surface area contributed by atoms with Gasteiger partial charge in [-0.05, 0) is 98.9 Å². The van der Waals surface area contributed by atoms with Gasteiger partial charge in [0.2, 0.25) is 0 Å². The number of hydrogen-bond donors (Lipinski definition) is 1. The van der Waals surface area contributed by atoms with Crippen molar-refractivity contribution in [2.75, 3.05) is 46.9 Å². The maximum Gasteiger partial charge on any atom is 0.266 e. The van der Waals surface area contributed by atoms with Gasteiger partial charge in [-0.1, -0.05) is 24.0 Å². The van der Waals surface area contributed by atoms with Gasteiger partial charge in [-0.15, -0.1) is 0 Å². The number of rotatable bonds is 9. The second-order valence-corrected chi connectivity index (χ2v) is 14.4. The van der Waals surface area contributed by atoms with Crippen LogP contribution in [-0.4, -0.2) is 73.0 Å². The number of piperazine rings is 1. The molecule has 0 unspecified atom stereocenters. The predicted molar refractivity (Wildman–Crippen MR) is 171 cm³/mol. The van der Waals surface area contributed by atoms with Crippen LogP contribution >= 0.6 is 24.0 Å². The van der Waals surface area contributed by atoms with E-state index in [9.17, 15) is 4.79 Å². The fraction of sp³-hybridized carbons (Fsp3) is 0.576. The van der Waals surface area contributed by atoms with Crippen molar-refractivity contribution < 1.29 is 18.7 Å². The van der Waals surface area contributed by atoms with E-state index in [1.165, 1.54) is 43.9 Å². The Labute approximate surface area is 258 Å². The molecule has 2 aromatic rings. The van der Waals surface area contributed by atoms with E-state index >= 15 is 0 Å². The van der Waals surface area contributed by atoms with Gasteiger partial charge >= 0.3 is 0 Å². The van der Waals surface area contributed by atoms with E-state index in [1.807, 2.05) is 29.2 Å². The molecule has 7 nitrogen and oxygen atoms in total. The highest BCUT2D eigenvalue weighted by atomic mass is 32.2. The minimum atomic E-state index is 0.0650. The van der Waals surface area contributed by atoms with E-state index in [0.717, 1.165) is 80.0 Å². The number of nitrogens with zero attached hydrogens (tertiary/aromatic N) is 2. The van der Waals surface area contributed by atoms with E-state index in [2.05, 4.69) is 16.3 Å². The summed E-state index contributed by atoms with van der Waals surface area (Å²) < 4.78 is 18.3. The largest absolute Gasteiger partial charge is 0.497 e. The molecule has 3 heterocycles. The van der Waals surface area contributed by atoms with Gasteiger partial charge in [0.25, 0.3) is 5.91 Å². The summed E-state index contributed by atoms with van der Waals surface area (Å²) in [5.41, 5.74) is 2.00. The van der Waals surface area contributed by atoms with Crippen LogP contribution in [0.25, 0.3) is 17.4 Å². The number of carbonyl (C=O) groups excluding carboxylic acids is 1. The zero-order chi connectivity index (χ0) is 28.8. The van der Waals surface area contributed by atoms with Gasteiger partial charge in [-0.25, -0.2) is 0 Å². The molecule has 9 heteroatoms. The fourth-order valence-electron chi connectivity index (χ4n) is 8.45. The first-order chi connectivity index (χ1) is 20.5. The molecule has 0 radical (unpaired) electrons. The van der Waals surface area contributed by atoms with Gasteiger partial charge < -0.3 is 24.1 Å². The SMILES string of the molecule is COc1cc(OC)cc(-c2cc(CCCN3CCNCC3)c(/C=C3/SC(=S)N(C4C5CC6CC(C5)CC4C6)C3=O)o2)c1. The Balaban J connectivity index is 1.17. The Morgan fingerprint density at radius 3 is 2.31 bits per heavy atom. The Kier molecular flexibility index (Phi) is 8.11. The molecular weight excluding hydrogens is 567 g/mol. The third-order valence-electron chi connectivity index (χ3n) is 10.2. The monoisotopic (exact) mass is 607 g/mol. The number of methoxy groups -OCH3 is 2. The number of ether oxygens (including phenoxy) is 2. The minimum Gasteiger partial charge on any atom is -0.497 e. The first-order valence-electron chi connectivity index (χ1n) is 15.6.